The number of hydrogen-bond acceptors (Lipinski definition) is 2. The lowest BCUT2D eigenvalue weighted by molar-refractivity contribution is 0.748. The monoisotopic (exact) mass is 217 g/mol. The molecule has 0 amide bonds. The first kappa shape index (κ1) is 10.4. The molecule has 0 fully saturated rings. The Bertz CT molecular complexity index is 419. The summed E-state index contributed by atoms with van der Waals surface area (Å²) in [6.45, 7) is 4.47. The van der Waals surface area contributed by atoms with Crippen molar-refractivity contribution in [2.45, 2.75) is 26.2 Å². The zero-order valence-electron chi connectivity index (χ0n) is 9.10. The van der Waals surface area contributed by atoms with Gasteiger partial charge in [-0.15, -0.1) is 0 Å². The zero-order chi connectivity index (χ0) is 10.7. The number of rotatable bonds is 3. The summed E-state index contributed by atoms with van der Waals surface area (Å²) in [6.07, 6.45) is 1.18. The molecule has 0 bridgehead atoms. The van der Waals surface area contributed by atoms with E-state index in [-0.39, 0.29) is 0 Å². The van der Waals surface area contributed by atoms with Crippen LogP contribution in [0, 0.1) is 0 Å². The Hall–Kier alpha value is -1.15. The van der Waals surface area contributed by atoms with E-state index in [1.807, 2.05) is 6.07 Å². The molecule has 1 unspecified atom stereocenters. The predicted octanol–water partition coefficient (Wildman–Crippen LogP) is 4.32. The summed E-state index contributed by atoms with van der Waals surface area (Å²) in [7, 11) is 0. The molecule has 1 heterocycles. The normalized spacial score (nSPS) is 12.7. The lowest BCUT2D eigenvalue weighted by atomic mass is 10.1. The highest BCUT2D eigenvalue weighted by Crippen LogP contribution is 2.28. The second-order valence-corrected chi connectivity index (χ2v) is 4.63. The fourth-order valence-corrected chi connectivity index (χ4v) is 2.34. The second-order valence-electron chi connectivity index (χ2n) is 3.79. The van der Waals surface area contributed by atoms with Crippen molar-refractivity contribution in [1.29, 1.82) is 0 Å². The Balaban J connectivity index is 2.28. The summed E-state index contributed by atoms with van der Waals surface area (Å²) in [4.78, 5) is 1.39. The quantitative estimate of drug-likeness (QED) is 0.746. The zero-order valence-corrected chi connectivity index (χ0v) is 9.92. The average Bonchev–Trinajstić information content (AvgIpc) is 2.78. The molecule has 0 saturated carbocycles. The first-order valence-electron chi connectivity index (χ1n) is 5.33. The van der Waals surface area contributed by atoms with Crippen LogP contribution in [-0.4, -0.2) is 4.37 Å². The summed E-state index contributed by atoms with van der Waals surface area (Å²) >= 11 is 1.63. The largest absolute Gasteiger partial charge is 0.192 e. The molecule has 1 aromatic carbocycles. The molecular formula is C13H15NS. The van der Waals surface area contributed by atoms with Crippen molar-refractivity contribution >= 4 is 11.5 Å². The molecule has 0 aliphatic rings. The van der Waals surface area contributed by atoms with Crippen molar-refractivity contribution in [3.8, 4) is 11.3 Å². The van der Waals surface area contributed by atoms with Crippen molar-refractivity contribution in [3.05, 3.63) is 41.3 Å². The van der Waals surface area contributed by atoms with Crippen LogP contribution in [0.25, 0.3) is 11.3 Å². The van der Waals surface area contributed by atoms with E-state index in [1.165, 1.54) is 16.9 Å². The van der Waals surface area contributed by atoms with Crippen molar-refractivity contribution in [1.82, 2.24) is 4.37 Å². The minimum absolute atomic E-state index is 0.625. The van der Waals surface area contributed by atoms with E-state index in [2.05, 4.69) is 48.6 Å². The lowest BCUT2D eigenvalue weighted by Crippen LogP contribution is -1.84. The highest BCUT2D eigenvalue weighted by Gasteiger charge is 2.08. The summed E-state index contributed by atoms with van der Waals surface area (Å²) < 4.78 is 4.50. The molecule has 0 aliphatic heterocycles. The molecule has 0 N–H and O–H groups in total. The van der Waals surface area contributed by atoms with Gasteiger partial charge in [-0.25, -0.2) is 0 Å². The van der Waals surface area contributed by atoms with Crippen LogP contribution in [0.5, 0.6) is 0 Å². The maximum Gasteiger partial charge on any atom is 0.0843 e. The van der Waals surface area contributed by atoms with Crippen LogP contribution in [0.15, 0.2) is 36.4 Å². The molecule has 0 spiro atoms. The molecule has 1 atom stereocenters. The Kier molecular flexibility index (Phi) is 3.17. The number of hydrogen-bond donors (Lipinski definition) is 0. The van der Waals surface area contributed by atoms with Crippen LogP contribution in [0.2, 0.25) is 0 Å². The Labute approximate surface area is 94.9 Å². The Morgan fingerprint density at radius 2 is 2.00 bits per heavy atom. The van der Waals surface area contributed by atoms with E-state index >= 15 is 0 Å². The van der Waals surface area contributed by atoms with Gasteiger partial charge >= 0.3 is 0 Å². The second kappa shape index (κ2) is 4.58. The van der Waals surface area contributed by atoms with E-state index in [4.69, 9.17) is 0 Å². The third-order valence-corrected chi connectivity index (χ3v) is 3.72. The van der Waals surface area contributed by atoms with Crippen LogP contribution in [0.4, 0.5) is 0 Å². The third-order valence-electron chi connectivity index (χ3n) is 2.70. The molecule has 2 aromatic rings. The van der Waals surface area contributed by atoms with Gasteiger partial charge in [-0.1, -0.05) is 44.2 Å². The molecule has 0 radical (unpaired) electrons. The fraction of sp³-hybridized carbons (Fsp3) is 0.308. The van der Waals surface area contributed by atoms with Gasteiger partial charge in [-0.3, -0.25) is 0 Å². The highest BCUT2D eigenvalue weighted by atomic mass is 32.1. The highest BCUT2D eigenvalue weighted by molar-refractivity contribution is 7.06. The third kappa shape index (κ3) is 2.26. The maximum atomic E-state index is 4.50. The fourth-order valence-electron chi connectivity index (χ4n) is 1.47. The van der Waals surface area contributed by atoms with E-state index in [0.717, 1.165) is 5.69 Å². The Morgan fingerprint density at radius 1 is 1.27 bits per heavy atom. The van der Waals surface area contributed by atoms with Gasteiger partial charge < -0.3 is 0 Å². The van der Waals surface area contributed by atoms with Gasteiger partial charge in [0.1, 0.15) is 0 Å². The van der Waals surface area contributed by atoms with E-state index < -0.39 is 0 Å². The molecule has 1 aromatic heterocycles. The summed E-state index contributed by atoms with van der Waals surface area (Å²) in [5, 5.41) is 0. The summed E-state index contributed by atoms with van der Waals surface area (Å²) in [5.74, 6) is 0.625. The SMILES string of the molecule is CCC(C)c1cc(-c2ccccc2)ns1. The molecule has 2 heteroatoms. The van der Waals surface area contributed by atoms with E-state index in [0.29, 0.717) is 5.92 Å². The molecule has 0 aliphatic carbocycles. The van der Waals surface area contributed by atoms with Crippen molar-refractivity contribution < 1.29 is 0 Å². The number of aromatic nitrogens is 1. The minimum Gasteiger partial charge on any atom is -0.192 e. The lowest BCUT2D eigenvalue weighted by Gasteiger charge is -2.01. The van der Waals surface area contributed by atoms with Gasteiger partial charge in [0.2, 0.25) is 0 Å². The van der Waals surface area contributed by atoms with E-state index in [9.17, 15) is 0 Å². The molecule has 2 rings (SSSR count). The van der Waals surface area contributed by atoms with Gasteiger partial charge in [0.05, 0.1) is 5.69 Å². The van der Waals surface area contributed by atoms with Gasteiger partial charge in [-0.05, 0) is 29.9 Å². The standard InChI is InChI=1S/C13H15NS/c1-3-10(2)13-9-12(14-15-13)11-7-5-4-6-8-11/h4-10H,3H2,1-2H3. The van der Waals surface area contributed by atoms with Crippen LogP contribution in [0.1, 0.15) is 31.1 Å². The maximum absolute atomic E-state index is 4.50. The van der Waals surface area contributed by atoms with Gasteiger partial charge in [0, 0.05) is 10.4 Å². The summed E-state index contributed by atoms with van der Waals surface area (Å²) in [6, 6.07) is 12.6. The van der Waals surface area contributed by atoms with E-state index in [1.54, 1.807) is 11.5 Å². The molecule has 15 heavy (non-hydrogen) atoms. The van der Waals surface area contributed by atoms with Crippen LogP contribution in [-0.2, 0) is 0 Å². The average molecular weight is 217 g/mol. The van der Waals surface area contributed by atoms with Crippen LogP contribution >= 0.6 is 11.5 Å². The number of benzene rings is 1. The molecule has 0 saturated heterocycles. The van der Waals surface area contributed by atoms with Gasteiger partial charge in [-0.2, -0.15) is 4.37 Å². The smallest absolute Gasteiger partial charge is 0.0843 e. The van der Waals surface area contributed by atoms with Crippen molar-refractivity contribution in [3.63, 3.8) is 0 Å². The molecule has 78 valence electrons. The van der Waals surface area contributed by atoms with Crippen molar-refractivity contribution in [2.24, 2.45) is 0 Å². The minimum atomic E-state index is 0.625. The molecule has 1 nitrogen and oxygen atoms in total. The van der Waals surface area contributed by atoms with Crippen LogP contribution in [0.3, 0.4) is 0 Å². The predicted molar refractivity (Wildman–Crippen MR) is 66.3 cm³/mol. The summed E-state index contributed by atoms with van der Waals surface area (Å²) in [5.41, 5.74) is 2.32. The van der Waals surface area contributed by atoms with Crippen LogP contribution < -0.4 is 0 Å². The van der Waals surface area contributed by atoms with Gasteiger partial charge in [0.15, 0.2) is 0 Å². The van der Waals surface area contributed by atoms with Gasteiger partial charge in [0.25, 0.3) is 0 Å². The first-order chi connectivity index (χ1) is 7.31. The molecular weight excluding hydrogens is 202 g/mol. The topological polar surface area (TPSA) is 12.9 Å². The number of nitrogens with zero attached hydrogens (tertiary/aromatic N) is 1. The first-order valence-corrected chi connectivity index (χ1v) is 6.10. The van der Waals surface area contributed by atoms with Crippen molar-refractivity contribution in [2.75, 3.05) is 0 Å². The Morgan fingerprint density at radius 3 is 2.67 bits per heavy atom.